The fourth-order valence-corrected chi connectivity index (χ4v) is 1.85. The normalized spacial score (nSPS) is 10.4. The zero-order chi connectivity index (χ0) is 13.9. The first-order valence-electron chi connectivity index (χ1n) is 6.15. The number of aromatic hydroxyl groups is 1. The Balaban J connectivity index is 1.81. The zero-order valence-corrected chi connectivity index (χ0v) is 10.9. The Labute approximate surface area is 116 Å². The molecule has 0 amide bonds. The lowest BCUT2D eigenvalue weighted by molar-refractivity contribution is 0.411. The molecule has 5 nitrogen and oxygen atoms in total. The van der Waals surface area contributed by atoms with Gasteiger partial charge in [-0.05, 0) is 48.9 Å². The van der Waals surface area contributed by atoms with Crippen LogP contribution in [0.1, 0.15) is 5.56 Å². The Morgan fingerprint density at radius 3 is 2.55 bits per heavy atom. The summed E-state index contributed by atoms with van der Waals surface area (Å²) in [7, 11) is 0. The van der Waals surface area contributed by atoms with E-state index in [1.807, 2.05) is 37.3 Å². The van der Waals surface area contributed by atoms with Crippen LogP contribution in [0.3, 0.4) is 0 Å². The van der Waals surface area contributed by atoms with Crippen molar-refractivity contribution in [1.29, 1.82) is 0 Å². The maximum atomic E-state index is 9.81. The third-order valence-electron chi connectivity index (χ3n) is 2.86. The molecule has 1 heterocycles. The van der Waals surface area contributed by atoms with Crippen molar-refractivity contribution in [3.05, 3.63) is 60.7 Å². The van der Waals surface area contributed by atoms with E-state index in [4.69, 9.17) is 4.74 Å². The highest BCUT2D eigenvalue weighted by atomic mass is 16.5. The molecule has 0 saturated heterocycles. The predicted molar refractivity (Wildman–Crippen MR) is 74.3 cm³/mol. The molecule has 1 aromatic heterocycles. The highest BCUT2D eigenvalue weighted by Crippen LogP contribution is 2.31. The summed E-state index contributed by atoms with van der Waals surface area (Å²) in [5, 5.41) is 13.9. The smallest absolute Gasteiger partial charge is 0.169 e. The second-order valence-electron chi connectivity index (χ2n) is 4.41. The summed E-state index contributed by atoms with van der Waals surface area (Å²) < 4.78 is 7.30. The van der Waals surface area contributed by atoms with Crippen molar-refractivity contribution in [1.82, 2.24) is 14.8 Å². The molecule has 0 aliphatic rings. The summed E-state index contributed by atoms with van der Waals surface area (Å²) in [4.78, 5) is 3.90. The van der Waals surface area contributed by atoms with E-state index in [0.717, 1.165) is 11.3 Å². The van der Waals surface area contributed by atoms with Crippen LogP contribution in [-0.2, 0) is 0 Å². The molecule has 0 spiro atoms. The van der Waals surface area contributed by atoms with Crippen LogP contribution >= 0.6 is 0 Å². The van der Waals surface area contributed by atoms with Gasteiger partial charge in [0, 0.05) is 0 Å². The highest BCUT2D eigenvalue weighted by molar-refractivity contribution is 5.45. The minimum absolute atomic E-state index is 0.130. The van der Waals surface area contributed by atoms with Gasteiger partial charge in [0.1, 0.15) is 18.4 Å². The number of hydrogen-bond donors (Lipinski definition) is 1. The molecule has 0 radical (unpaired) electrons. The van der Waals surface area contributed by atoms with E-state index in [0.29, 0.717) is 11.5 Å². The van der Waals surface area contributed by atoms with Crippen molar-refractivity contribution in [2.75, 3.05) is 0 Å². The maximum absolute atomic E-state index is 9.81. The van der Waals surface area contributed by atoms with Crippen molar-refractivity contribution in [3.63, 3.8) is 0 Å². The van der Waals surface area contributed by atoms with Gasteiger partial charge in [0.25, 0.3) is 0 Å². The molecular formula is C15H13N3O2. The molecule has 100 valence electrons. The quantitative estimate of drug-likeness (QED) is 0.792. The van der Waals surface area contributed by atoms with E-state index < -0.39 is 0 Å². The first-order chi connectivity index (χ1) is 9.72. The third kappa shape index (κ3) is 2.47. The van der Waals surface area contributed by atoms with Crippen molar-refractivity contribution < 1.29 is 9.84 Å². The number of phenolic OH excluding ortho intramolecular Hbond substituents is 1. The van der Waals surface area contributed by atoms with E-state index in [1.54, 1.807) is 23.1 Å². The number of benzene rings is 2. The molecule has 0 bridgehead atoms. The number of nitrogens with zero attached hydrogens (tertiary/aromatic N) is 3. The lowest BCUT2D eigenvalue weighted by Crippen LogP contribution is -1.93. The lowest BCUT2D eigenvalue weighted by Gasteiger charge is -2.08. The van der Waals surface area contributed by atoms with Gasteiger partial charge in [0.15, 0.2) is 11.5 Å². The molecule has 2 aromatic carbocycles. The zero-order valence-electron chi connectivity index (χ0n) is 10.9. The van der Waals surface area contributed by atoms with Crippen LogP contribution in [-0.4, -0.2) is 19.9 Å². The summed E-state index contributed by atoms with van der Waals surface area (Å²) in [5.41, 5.74) is 1.87. The van der Waals surface area contributed by atoms with Gasteiger partial charge in [-0.2, -0.15) is 5.10 Å². The van der Waals surface area contributed by atoms with Crippen LogP contribution in [0.25, 0.3) is 5.69 Å². The first kappa shape index (κ1) is 12.2. The molecule has 0 aliphatic heterocycles. The minimum atomic E-state index is 0.130. The fraction of sp³-hybridized carbons (Fsp3) is 0.0667. The number of hydrogen-bond acceptors (Lipinski definition) is 4. The molecule has 3 aromatic rings. The Kier molecular flexibility index (Phi) is 3.09. The second kappa shape index (κ2) is 5.05. The molecule has 5 heteroatoms. The molecule has 3 rings (SSSR count). The van der Waals surface area contributed by atoms with E-state index in [2.05, 4.69) is 10.1 Å². The van der Waals surface area contributed by atoms with E-state index >= 15 is 0 Å². The van der Waals surface area contributed by atoms with Crippen LogP contribution in [0.4, 0.5) is 0 Å². The van der Waals surface area contributed by atoms with Crippen LogP contribution < -0.4 is 4.74 Å². The minimum Gasteiger partial charge on any atom is -0.504 e. The van der Waals surface area contributed by atoms with Crippen LogP contribution in [0, 0.1) is 6.92 Å². The lowest BCUT2D eigenvalue weighted by atomic mass is 10.2. The van der Waals surface area contributed by atoms with Gasteiger partial charge in [-0.1, -0.05) is 6.07 Å². The SMILES string of the molecule is Cc1ccc(Oc2ccc(-n3cncn3)cc2)c(O)c1. The molecule has 0 unspecified atom stereocenters. The average Bonchev–Trinajstić information content (AvgIpc) is 2.97. The van der Waals surface area contributed by atoms with E-state index in [9.17, 15) is 5.11 Å². The van der Waals surface area contributed by atoms with Gasteiger partial charge >= 0.3 is 0 Å². The monoisotopic (exact) mass is 267 g/mol. The molecule has 0 saturated carbocycles. The van der Waals surface area contributed by atoms with Crippen LogP contribution in [0.2, 0.25) is 0 Å². The van der Waals surface area contributed by atoms with E-state index in [-0.39, 0.29) is 5.75 Å². The van der Waals surface area contributed by atoms with Crippen molar-refractivity contribution in [2.24, 2.45) is 0 Å². The second-order valence-corrected chi connectivity index (χ2v) is 4.41. The molecule has 1 N–H and O–H groups in total. The fourth-order valence-electron chi connectivity index (χ4n) is 1.85. The highest BCUT2D eigenvalue weighted by Gasteiger charge is 2.04. The third-order valence-corrected chi connectivity index (χ3v) is 2.86. The summed E-state index contributed by atoms with van der Waals surface area (Å²) in [6.45, 7) is 1.91. The first-order valence-corrected chi connectivity index (χ1v) is 6.15. The van der Waals surface area contributed by atoms with Gasteiger partial charge in [-0.3, -0.25) is 0 Å². The van der Waals surface area contributed by atoms with Crippen molar-refractivity contribution >= 4 is 0 Å². The molecule has 20 heavy (non-hydrogen) atoms. The van der Waals surface area contributed by atoms with Gasteiger partial charge in [-0.15, -0.1) is 0 Å². The topological polar surface area (TPSA) is 60.2 Å². The standard InChI is InChI=1S/C15H13N3O2/c1-11-2-7-15(14(19)8-11)20-13-5-3-12(4-6-13)18-10-16-9-17-18/h2-10,19H,1H3. The van der Waals surface area contributed by atoms with Gasteiger partial charge in [-0.25, -0.2) is 9.67 Å². The molecule has 0 atom stereocenters. The maximum Gasteiger partial charge on any atom is 0.169 e. The predicted octanol–water partition coefficient (Wildman–Crippen LogP) is 3.07. The largest absolute Gasteiger partial charge is 0.504 e. The van der Waals surface area contributed by atoms with Crippen molar-refractivity contribution in [2.45, 2.75) is 6.92 Å². The Morgan fingerprint density at radius 1 is 1.10 bits per heavy atom. The Bertz CT molecular complexity index is 706. The Morgan fingerprint density at radius 2 is 1.90 bits per heavy atom. The van der Waals surface area contributed by atoms with Crippen LogP contribution in [0.15, 0.2) is 55.1 Å². The summed E-state index contributed by atoms with van der Waals surface area (Å²) in [5.74, 6) is 1.21. The molecule has 0 aliphatic carbocycles. The average molecular weight is 267 g/mol. The van der Waals surface area contributed by atoms with Gasteiger partial charge < -0.3 is 9.84 Å². The van der Waals surface area contributed by atoms with Crippen LogP contribution in [0.5, 0.6) is 17.2 Å². The number of aromatic nitrogens is 3. The number of aryl methyl sites for hydroxylation is 1. The van der Waals surface area contributed by atoms with Crippen molar-refractivity contribution in [3.8, 4) is 22.9 Å². The summed E-state index contributed by atoms with van der Waals surface area (Å²) >= 11 is 0. The number of ether oxygens (including phenoxy) is 1. The van der Waals surface area contributed by atoms with E-state index in [1.165, 1.54) is 6.33 Å². The number of phenols is 1. The number of rotatable bonds is 3. The van der Waals surface area contributed by atoms with Gasteiger partial charge in [0.05, 0.1) is 5.69 Å². The summed E-state index contributed by atoms with van der Waals surface area (Å²) in [6.07, 6.45) is 3.11. The summed E-state index contributed by atoms with van der Waals surface area (Å²) in [6, 6.07) is 12.7. The van der Waals surface area contributed by atoms with Gasteiger partial charge in [0.2, 0.25) is 0 Å². The Hall–Kier alpha value is -2.82. The molecule has 0 fully saturated rings. The molecular weight excluding hydrogens is 254 g/mol.